The quantitative estimate of drug-likeness (QED) is 0.277. The van der Waals surface area contributed by atoms with Gasteiger partial charge in [-0.25, -0.2) is 19.1 Å². The first-order valence-electron chi connectivity index (χ1n) is 8.52. The number of nitrogens with one attached hydrogen (secondary N) is 1. The largest absolute Gasteiger partial charge is 0.478 e. The number of hydrogen-bond acceptors (Lipinski definition) is 6. The van der Waals surface area contributed by atoms with Gasteiger partial charge in [-0.1, -0.05) is 36.4 Å². The number of nitrogen functional groups attached to an aromatic ring is 1. The Kier molecular flexibility index (Phi) is 5.44. The molecule has 0 saturated heterocycles. The van der Waals surface area contributed by atoms with E-state index in [9.17, 15) is 18.3 Å². The van der Waals surface area contributed by atoms with Crippen LogP contribution in [0.3, 0.4) is 0 Å². The number of sulfonamides is 1. The van der Waals surface area contributed by atoms with Crippen LogP contribution in [0.2, 0.25) is 0 Å². The van der Waals surface area contributed by atoms with Crippen molar-refractivity contribution in [3.63, 3.8) is 0 Å². The van der Waals surface area contributed by atoms with Gasteiger partial charge < -0.3 is 15.8 Å². The summed E-state index contributed by atoms with van der Waals surface area (Å²) in [6.07, 6.45) is 0. The summed E-state index contributed by atoms with van der Waals surface area (Å²) < 4.78 is 28.1. The average molecular weight is 412 g/mol. The molecule has 0 unspecified atom stereocenters. The second-order valence-electron chi connectivity index (χ2n) is 6.37. The smallest absolute Gasteiger partial charge is 0.337 e. The van der Waals surface area contributed by atoms with E-state index in [0.29, 0.717) is 11.3 Å². The molecule has 0 fully saturated rings. The van der Waals surface area contributed by atoms with E-state index in [1.807, 2.05) is 30.3 Å². The Morgan fingerprint density at radius 1 is 1.00 bits per heavy atom. The number of carboxylic acids is 1. The first kappa shape index (κ1) is 20.2. The van der Waals surface area contributed by atoms with E-state index in [4.69, 9.17) is 11.6 Å². The normalized spacial score (nSPS) is 11.1. The third-order valence-corrected chi connectivity index (χ3v) is 5.65. The summed E-state index contributed by atoms with van der Waals surface area (Å²) in [4.78, 5) is 11.5. The summed E-state index contributed by atoms with van der Waals surface area (Å²) in [5.41, 5.74) is 7.80. The van der Waals surface area contributed by atoms with Crippen LogP contribution in [0.25, 0.3) is 11.1 Å². The number of nitrogens with two attached hydrogens (primary N) is 2. The van der Waals surface area contributed by atoms with Crippen molar-refractivity contribution in [1.29, 1.82) is 0 Å². The Hall–Kier alpha value is -3.56. The molecule has 0 amide bonds. The van der Waals surface area contributed by atoms with Gasteiger partial charge in [0.25, 0.3) is 10.0 Å². The molecule has 0 radical (unpaired) electrons. The average Bonchev–Trinajstić information content (AvgIpc) is 2.67. The van der Waals surface area contributed by atoms with Crippen LogP contribution < -0.4 is 21.3 Å². The summed E-state index contributed by atoms with van der Waals surface area (Å²) in [5, 5.41) is 10.7. The maximum Gasteiger partial charge on any atom is 0.337 e. The van der Waals surface area contributed by atoms with Gasteiger partial charge in [-0.2, -0.15) is 0 Å². The lowest BCUT2D eigenvalue weighted by Crippen LogP contribution is -2.26. The number of rotatable bonds is 6. The van der Waals surface area contributed by atoms with Gasteiger partial charge in [0.1, 0.15) is 0 Å². The lowest BCUT2D eigenvalue weighted by Gasteiger charge is -2.16. The van der Waals surface area contributed by atoms with Gasteiger partial charge in [0.2, 0.25) is 0 Å². The van der Waals surface area contributed by atoms with E-state index in [0.717, 1.165) is 5.56 Å². The van der Waals surface area contributed by atoms with Crippen molar-refractivity contribution < 1.29 is 18.3 Å². The van der Waals surface area contributed by atoms with Gasteiger partial charge in [-0.15, -0.1) is 0 Å². The van der Waals surface area contributed by atoms with Crippen molar-refractivity contribution in [2.45, 2.75) is 4.90 Å². The predicted molar refractivity (Wildman–Crippen MR) is 113 cm³/mol. The number of anilines is 3. The molecule has 9 heteroatoms. The van der Waals surface area contributed by atoms with Crippen LogP contribution >= 0.6 is 0 Å². The molecule has 6 N–H and O–H groups in total. The fourth-order valence-electron chi connectivity index (χ4n) is 2.85. The zero-order chi connectivity index (χ0) is 21.2. The number of hydrogen-bond donors (Lipinski definition) is 4. The van der Waals surface area contributed by atoms with E-state index in [1.54, 1.807) is 13.1 Å². The molecule has 3 rings (SSSR count). The zero-order valence-corrected chi connectivity index (χ0v) is 16.3. The standard InChI is InChI=1S/C20H20N4O4S/c1-24(22)19-10-8-15(12-17(19)21)29(27,28)23-18-11-14(7-9-16(18)20(25)26)13-5-3-2-4-6-13/h2-12,23H,21-22H2,1H3,(H,25,26). The van der Waals surface area contributed by atoms with Crippen molar-refractivity contribution in [2.24, 2.45) is 5.84 Å². The van der Waals surface area contributed by atoms with Crippen molar-refractivity contribution in [2.75, 3.05) is 22.5 Å². The Morgan fingerprint density at radius 3 is 2.28 bits per heavy atom. The second-order valence-corrected chi connectivity index (χ2v) is 8.05. The lowest BCUT2D eigenvalue weighted by molar-refractivity contribution is 0.0698. The molecule has 0 atom stereocenters. The lowest BCUT2D eigenvalue weighted by atomic mass is 10.0. The minimum Gasteiger partial charge on any atom is -0.478 e. The van der Waals surface area contributed by atoms with Crippen LogP contribution in [-0.2, 0) is 10.0 Å². The molecule has 0 saturated carbocycles. The molecule has 0 aliphatic carbocycles. The monoisotopic (exact) mass is 412 g/mol. The van der Waals surface area contributed by atoms with E-state index in [2.05, 4.69) is 4.72 Å². The molecule has 0 aliphatic rings. The molecule has 150 valence electrons. The number of carbonyl (C=O) groups is 1. The van der Waals surface area contributed by atoms with Crippen LogP contribution in [0, 0.1) is 0 Å². The number of benzene rings is 3. The number of nitrogens with zero attached hydrogens (tertiary/aromatic N) is 1. The Bertz CT molecular complexity index is 1160. The summed E-state index contributed by atoms with van der Waals surface area (Å²) in [7, 11) is -2.51. The summed E-state index contributed by atoms with van der Waals surface area (Å²) in [5.74, 6) is 4.40. The SMILES string of the molecule is CN(N)c1ccc(S(=O)(=O)Nc2cc(-c3ccccc3)ccc2C(=O)O)cc1N. The first-order valence-corrected chi connectivity index (χ1v) is 10.0. The Labute approximate surface area is 168 Å². The fraction of sp³-hybridized carbons (Fsp3) is 0.0500. The van der Waals surface area contributed by atoms with Crippen LogP contribution in [0.15, 0.2) is 71.6 Å². The third kappa shape index (κ3) is 4.31. The third-order valence-electron chi connectivity index (χ3n) is 4.29. The molecule has 8 nitrogen and oxygen atoms in total. The van der Waals surface area contributed by atoms with Crippen LogP contribution in [0.1, 0.15) is 10.4 Å². The van der Waals surface area contributed by atoms with Gasteiger partial charge in [0, 0.05) is 7.05 Å². The van der Waals surface area contributed by atoms with Gasteiger partial charge in [0.15, 0.2) is 0 Å². The molecule has 0 aliphatic heterocycles. The van der Waals surface area contributed by atoms with Crippen molar-refractivity contribution in [1.82, 2.24) is 0 Å². The van der Waals surface area contributed by atoms with Gasteiger partial charge in [0.05, 0.1) is 27.5 Å². The molecule has 0 bridgehead atoms. The van der Waals surface area contributed by atoms with Gasteiger partial charge in [-0.3, -0.25) is 4.72 Å². The highest BCUT2D eigenvalue weighted by atomic mass is 32.2. The molecule has 3 aromatic rings. The van der Waals surface area contributed by atoms with Crippen molar-refractivity contribution >= 4 is 33.1 Å². The van der Waals surface area contributed by atoms with E-state index in [-0.39, 0.29) is 21.8 Å². The van der Waals surface area contributed by atoms with Crippen LogP contribution in [0.4, 0.5) is 17.1 Å². The molecular formula is C20H20N4O4S. The maximum atomic E-state index is 12.9. The molecule has 0 aromatic heterocycles. The molecule has 3 aromatic carbocycles. The zero-order valence-electron chi connectivity index (χ0n) is 15.5. The fourth-order valence-corrected chi connectivity index (χ4v) is 3.96. The van der Waals surface area contributed by atoms with Crippen LogP contribution in [0.5, 0.6) is 0 Å². The topological polar surface area (TPSA) is 139 Å². The number of aromatic carboxylic acids is 1. The molecule has 29 heavy (non-hydrogen) atoms. The summed E-state index contributed by atoms with van der Waals surface area (Å²) >= 11 is 0. The van der Waals surface area contributed by atoms with Gasteiger partial charge in [-0.05, 0) is 41.5 Å². The first-order chi connectivity index (χ1) is 13.7. The predicted octanol–water partition coefficient (Wildman–Crippen LogP) is 2.74. The molecule has 0 heterocycles. The minimum atomic E-state index is -4.09. The highest BCUT2D eigenvalue weighted by molar-refractivity contribution is 7.92. The summed E-state index contributed by atoms with van der Waals surface area (Å²) in [6.45, 7) is 0. The molecular weight excluding hydrogens is 392 g/mol. The highest BCUT2D eigenvalue weighted by Crippen LogP contribution is 2.29. The Balaban J connectivity index is 2.03. The second kappa shape index (κ2) is 7.82. The van der Waals surface area contributed by atoms with Gasteiger partial charge >= 0.3 is 5.97 Å². The van der Waals surface area contributed by atoms with E-state index >= 15 is 0 Å². The Morgan fingerprint density at radius 2 is 1.69 bits per heavy atom. The van der Waals surface area contributed by atoms with Crippen LogP contribution in [-0.4, -0.2) is 26.5 Å². The van der Waals surface area contributed by atoms with Crippen molar-refractivity contribution in [3.8, 4) is 11.1 Å². The highest BCUT2D eigenvalue weighted by Gasteiger charge is 2.20. The van der Waals surface area contributed by atoms with Crippen molar-refractivity contribution in [3.05, 3.63) is 72.3 Å². The maximum absolute atomic E-state index is 12.9. The number of carboxylic acid groups (broad SMARTS) is 1. The van der Waals surface area contributed by atoms with E-state index in [1.165, 1.54) is 35.3 Å². The number of hydrazine groups is 1. The molecule has 0 spiro atoms. The minimum absolute atomic E-state index is 0.0440. The summed E-state index contributed by atoms with van der Waals surface area (Å²) in [6, 6.07) is 17.8. The van der Waals surface area contributed by atoms with E-state index < -0.39 is 16.0 Å².